The minimum absolute atomic E-state index is 0.243. The lowest BCUT2D eigenvalue weighted by Crippen LogP contribution is -2.35. The fraction of sp³-hybridized carbons (Fsp3) is 0.917. The summed E-state index contributed by atoms with van der Waals surface area (Å²) in [5.74, 6) is 0.767. The maximum absolute atomic E-state index is 10.9. The highest BCUT2D eigenvalue weighted by molar-refractivity contribution is 5.75. The van der Waals surface area contributed by atoms with E-state index in [4.69, 9.17) is 9.47 Å². The van der Waals surface area contributed by atoms with Crippen molar-refractivity contribution in [3.8, 4) is 0 Å². The third-order valence-electron chi connectivity index (χ3n) is 3.59. The molecule has 0 amide bonds. The molecule has 0 unspecified atom stereocenters. The second-order valence-electron chi connectivity index (χ2n) is 4.79. The maximum atomic E-state index is 10.9. The lowest BCUT2D eigenvalue weighted by atomic mass is 9.82. The van der Waals surface area contributed by atoms with E-state index in [2.05, 4.69) is 0 Å². The fourth-order valence-corrected chi connectivity index (χ4v) is 2.60. The van der Waals surface area contributed by atoms with Crippen LogP contribution in [0.15, 0.2) is 0 Å². The molecular weight excluding hydrogens is 192 g/mol. The van der Waals surface area contributed by atoms with Crippen molar-refractivity contribution in [2.75, 3.05) is 13.2 Å². The predicted molar refractivity (Wildman–Crippen MR) is 56.5 cm³/mol. The van der Waals surface area contributed by atoms with Crippen LogP contribution in [0.1, 0.15) is 45.4 Å². The topological polar surface area (TPSA) is 35.5 Å². The van der Waals surface area contributed by atoms with E-state index in [1.807, 2.05) is 0 Å². The van der Waals surface area contributed by atoms with Gasteiger partial charge >= 0.3 is 0 Å². The van der Waals surface area contributed by atoms with Gasteiger partial charge in [-0.15, -0.1) is 0 Å². The van der Waals surface area contributed by atoms with Crippen molar-refractivity contribution in [1.29, 1.82) is 0 Å². The van der Waals surface area contributed by atoms with Crippen molar-refractivity contribution in [1.82, 2.24) is 0 Å². The van der Waals surface area contributed by atoms with E-state index in [1.54, 1.807) is 6.92 Å². The third-order valence-corrected chi connectivity index (χ3v) is 3.59. The number of ether oxygens (including phenoxy) is 2. The summed E-state index contributed by atoms with van der Waals surface area (Å²) in [6, 6.07) is 0. The quantitative estimate of drug-likeness (QED) is 0.720. The molecule has 0 radical (unpaired) electrons. The molecule has 0 aromatic rings. The van der Waals surface area contributed by atoms with Crippen LogP contribution in [0.4, 0.5) is 0 Å². The van der Waals surface area contributed by atoms with Crippen LogP contribution in [-0.4, -0.2) is 24.8 Å². The molecule has 1 spiro atoms. The summed E-state index contributed by atoms with van der Waals surface area (Å²) in [7, 11) is 0. The molecule has 1 heterocycles. The Labute approximate surface area is 91.1 Å². The molecule has 3 nitrogen and oxygen atoms in total. The van der Waals surface area contributed by atoms with Gasteiger partial charge in [-0.25, -0.2) is 0 Å². The van der Waals surface area contributed by atoms with Crippen LogP contribution < -0.4 is 0 Å². The van der Waals surface area contributed by atoms with Crippen LogP contribution >= 0.6 is 0 Å². The van der Waals surface area contributed by atoms with Crippen LogP contribution in [0.2, 0.25) is 0 Å². The van der Waals surface area contributed by atoms with E-state index in [0.717, 1.165) is 51.7 Å². The fourth-order valence-electron chi connectivity index (χ4n) is 2.60. The van der Waals surface area contributed by atoms with Crippen LogP contribution in [0.25, 0.3) is 0 Å². The molecule has 0 atom stereocenters. The first-order valence-electron chi connectivity index (χ1n) is 5.98. The van der Waals surface area contributed by atoms with E-state index in [9.17, 15) is 4.79 Å². The minimum atomic E-state index is -0.243. The average molecular weight is 212 g/mol. The van der Waals surface area contributed by atoms with E-state index < -0.39 is 0 Å². The Morgan fingerprint density at radius 3 is 2.40 bits per heavy atom. The van der Waals surface area contributed by atoms with Gasteiger partial charge in [-0.3, -0.25) is 0 Å². The predicted octanol–water partition coefficient (Wildman–Crippen LogP) is 2.29. The Morgan fingerprint density at radius 1 is 1.27 bits per heavy atom. The molecule has 0 bridgehead atoms. The molecule has 86 valence electrons. The molecular formula is C12H20O3. The summed E-state index contributed by atoms with van der Waals surface area (Å²) >= 11 is 0. The lowest BCUT2D eigenvalue weighted by Gasteiger charge is -2.35. The van der Waals surface area contributed by atoms with Gasteiger partial charge in [0.05, 0.1) is 13.2 Å². The van der Waals surface area contributed by atoms with Crippen molar-refractivity contribution >= 4 is 5.78 Å². The van der Waals surface area contributed by atoms with E-state index in [-0.39, 0.29) is 5.79 Å². The van der Waals surface area contributed by atoms with Crippen LogP contribution in [-0.2, 0) is 14.3 Å². The zero-order valence-corrected chi connectivity index (χ0v) is 9.46. The van der Waals surface area contributed by atoms with Gasteiger partial charge in [-0.1, -0.05) is 0 Å². The third kappa shape index (κ3) is 2.79. The first-order chi connectivity index (χ1) is 7.20. The van der Waals surface area contributed by atoms with Gasteiger partial charge in [-0.05, 0) is 32.1 Å². The summed E-state index contributed by atoms with van der Waals surface area (Å²) < 4.78 is 11.3. The van der Waals surface area contributed by atoms with Gasteiger partial charge in [0.15, 0.2) is 5.79 Å². The molecule has 1 aliphatic carbocycles. The van der Waals surface area contributed by atoms with E-state index in [1.165, 1.54) is 0 Å². The Balaban J connectivity index is 1.74. The Morgan fingerprint density at radius 2 is 1.87 bits per heavy atom. The van der Waals surface area contributed by atoms with Crippen molar-refractivity contribution in [2.24, 2.45) is 5.92 Å². The van der Waals surface area contributed by atoms with Crippen molar-refractivity contribution in [3.63, 3.8) is 0 Å². The average Bonchev–Trinajstić information content (AvgIpc) is 2.66. The highest BCUT2D eigenvalue weighted by Crippen LogP contribution is 2.39. The summed E-state index contributed by atoms with van der Waals surface area (Å²) in [6.45, 7) is 3.17. The first kappa shape index (κ1) is 11.1. The lowest BCUT2D eigenvalue weighted by molar-refractivity contribution is -0.182. The molecule has 2 rings (SSSR count). The normalized spacial score (nSPS) is 25.9. The Kier molecular flexibility index (Phi) is 3.42. The molecule has 2 aliphatic rings. The summed E-state index contributed by atoms with van der Waals surface area (Å²) in [5, 5.41) is 0. The number of hydrogen-bond acceptors (Lipinski definition) is 3. The Hall–Kier alpha value is -0.410. The summed E-state index contributed by atoms with van der Waals surface area (Å²) in [6.07, 6.45) is 6.09. The van der Waals surface area contributed by atoms with Gasteiger partial charge < -0.3 is 14.3 Å². The molecule has 0 aromatic heterocycles. The number of hydrogen-bond donors (Lipinski definition) is 0. The first-order valence-corrected chi connectivity index (χ1v) is 5.98. The van der Waals surface area contributed by atoms with E-state index >= 15 is 0 Å². The SMILES string of the molecule is CC(=O)CCC1CCC2(CC1)OCCO2. The zero-order chi connectivity index (χ0) is 10.7. The largest absolute Gasteiger partial charge is 0.348 e. The van der Waals surface area contributed by atoms with Crippen LogP contribution in [0, 0.1) is 5.92 Å². The summed E-state index contributed by atoms with van der Waals surface area (Å²) in [5.41, 5.74) is 0. The van der Waals surface area contributed by atoms with Gasteiger partial charge in [0.2, 0.25) is 0 Å². The Bertz CT molecular complexity index is 221. The molecule has 3 heteroatoms. The van der Waals surface area contributed by atoms with Gasteiger partial charge in [0.1, 0.15) is 5.78 Å². The van der Waals surface area contributed by atoms with Crippen LogP contribution in [0.5, 0.6) is 0 Å². The highest BCUT2D eigenvalue weighted by Gasteiger charge is 2.39. The monoisotopic (exact) mass is 212 g/mol. The smallest absolute Gasteiger partial charge is 0.168 e. The molecule has 0 N–H and O–H groups in total. The van der Waals surface area contributed by atoms with Crippen molar-refractivity contribution in [2.45, 2.75) is 51.2 Å². The number of carbonyl (C=O) groups is 1. The van der Waals surface area contributed by atoms with Gasteiger partial charge in [0, 0.05) is 19.3 Å². The second-order valence-corrected chi connectivity index (χ2v) is 4.79. The molecule has 1 aliphatic heterocycles. The van der Waals surface area contributed by atoms with Gasteiger partial charge in [0.25, 0.3) is 0 Å². The van der Waals surface area contributed by atoms with Gasteiger partial charge in [-0.2, -0.15) is 0 Å². The van der Waals surface area contributed by atoms with E-state index in [0.29, 0.717) is 11.7 Å². The van der Waals surface area contributed by atoms with Crippen LogP contribution in [0.3, 0.4) is 0 Å². The second kappa shape index (κ2) is 4.62. The standard InChI is InChI=1S/C12H20O3/c1-10(13)2-3-11-4-6-12(7-5-11)14-8-9-15-12/h11H,2-9H2,1H3. The number of rotatable bonds is 3. The minimum Gasteiger partial charge on any atom is -0.348 e. The highest BCUT2D eigenvalue weighted by atomic mass is 16.7. The molecule has 1 saturated heterocycles. The number of Topliss-reactive ketones (excluding diaryl/α,β-unsaturated/α-hetero) is 1. The molecule has 0 aromatic carbocycles. The molecule has 15 heavy (non-hydrogen) atoms. The zero-order valence-electron chi connectivity index (χ0n) is 9.46. The number of carbonyl (C=O) groups excluding carboxylic acids is 1. The number of ketones is 1. The molecule has 2 fully saturated rings. The molecule has 1 saturated carbocycles. The van der Waals surface area contributed by atoms with Crippen molar-refractivity contribution in [3.05, 3.63) is 0 Å². The summed E-state index contributed by atoms with van der Waals surface area (Å²) in [4.78, 5) is 10.9. The maximum Gasteiger partial charge on any atom is 0.168 e. The van der Waals surface area contributed by atoms with Crippen molar-refractivity contribution < 1.29 is 14.3 Å².